The minimum atomic E-state index is -0.299. The number of aromatic nitrogens is 6. The third-order valence-corrected chi connectivity index (χ3v) is 6.45. The summed E-state index contributed by atoms with van der Waals surface area (Å²) >= 11 is 13.0. The van der Waals surface area contributed by atoms with Crippen molar-refractivity contribution in [3.05, 3.63) is 52.3 Å². The van der Waals surface area contributed by atoms with Crippen molar-refractivity contribution in [3.63, 3.8) is 0 Å². The van der Waals surface area contributed by atoms with E-state index in [0.29, 0.717) is 34.4 Å². The average Bonchev–Trinajstić information content (AvgIpc) is 3.40. The third kappa shape index (κ3) is 3.20. The highest BCUT2D eigenvalue weighted by Gasteiger charge is 2.34. The number of benzene rings is 1. The maximum atomic E-state index is 13.2. The van der Waals surface area contributed by atoms with Gasteiger partial charge in [0.25, 0.3) is 5.91 Å². The highest BCUT2D eigenvalue weighted by molar-refractivity contribution is 6.45. The van der Waals surface area contributed by atoms with Crippen LogP contribution < -0.4 is 4.74 Å². The van der Waals surface area contributed by atoms with E-state index in [0.717, 1.165) is 22.3 Å². The highest BCUT2D eigenvalue weighted by Crippen LogP contribution is 2.42. The zero-order chi connectivity index (χ0) is 22.6. The van der Waals surface area contributed by atoms with Crippen molar-refractivity contribution in [1.29, 1.82) is 0 Å². The van der Waals surface area contributed by atoms with Crippen LogP contribution >= 0.6 is 23.2 Å². The monoisotopic (exact) mass is 471 g/mol. The van der Waals surface area contributed by atoms with Crippen LogP contribution in [0.25, 0.3) is 22.2 Å². The molecule has 1 aliphatic heterocycles. The van der Waals surface area contributed by atoms with E-state index in [9.17, 15) is 4.79 Å². The lowest BCUT2D eigenvalue weighted by Gasteiger charge is -2.34. The molecule has 0 radical (unpaired) electrons. The fraction of sp³-hybridized carbons (Fsp3) is 0.286. The van der Waals surface area contributed by atoms with Gasteiger partial charge in [0, 0.05) is 30.7 Å². The molecule has 0 saturated heterocycles. The lowest BCUT2D eigenvalue weighted by Crippen LogP contribution is -2.41. The Labute approximate surface area is 193 Å². The maximum absolute atomic E-state index is 13.2. The van der Waals surface area contributed by atoms with E-state index >= 15 is 0 Å². The Morgan fingerprint density at radius 2 is 1.94 bits per heavy atom. The summed E-state index contributed by atoms with van der Waals surface area (Å²) in [4.78, 5) is 23.3. The summed E-state index contributed by atoms with van der Waals surface area (Å²) in [5.74, 6) is 0.338. The maximum Gasteiger partial charge on any atom is 0.292 e. The molecule has 4 heterocycles. The predicted octanol–water partition coefficient (Wildman–Crippen LogP) is 3.76. The SMILES string of the molecule is COc1cnc(C(=O)N2CCn3nc4c(Cl)c(Cl)cc(-c5ccn(C)n5)c4c3C2C)nc1. The van der Waals surface area contributed by atoms with Crippen LogP contribution in [0.3, 0.4) is 0 Å². The molecule has 5 rings (SSSR count). The van der Waals surface area contributed by atoms with Crippen LogP contribution in [0.1, 0.15) is 29.3 Å². The Kier molecular flexibility index (Phi) is 5.02. The Morgan fingerprint density at radius 1 is 1.19 bits per heavy atom. The lowest BCUT2D eigenvalue weighted by molar-refractivity contribution is 0.0626. The number of carbonyl (C=O) groups excluding carboxylic acids is 1. The first-order valence-electron chi connectivity index (χ1n) is 9.94. The number of nitrogens with zero attached hydrogens (tertiary/aromatic N) is 7. The number of amides is 1. The molecule has 1 aromatic carbocycles. The van der Waals surface area contributed by atoms with Gasteiger partial charge in [0.2, 0.25) is 5.82 Å². The van der Waals surface area contributed by atoms with Gasteiger partial charge in [0.1, 0.15) is 5.52 Å². The Hall–Kier alpha value is -3.17. The molecule has 3 aromatic heterocycles. The molecule has 164 valence electrons. The number of hydrogen-bond donors (Lipinski definition) is 0. The normalized spacial score (nSPS) is 15.8. The molecular weight excluding hydrogens is 453 g/mol. The van der Waals surface area contributed by atoms with Gasteiger partial charge in [0.05, 0.1) is 53.5 Å². The van der Waals surface area contributed by atoms with Gasteiger partial charge in [-0.2, -0.15) is 10.2 Å². The van der Waals surface area contributed by atoms with Gasteiger partial charge in [0.15, 0.2) is 5.75 Å². The molecule has 1 aliphatic rings. The molecule has 9 nitrogen and oxygen atoms in total. The van der Waals surface area contributed by atoms with E-state index in [1.165, 1.54) is 19.5 Å². The summed E-state index contributed by atoms with van der Waals surface area (Å²) in [5, 5.41) is 10.9. The molecule has 1 amide bonds. The molecule has 0 saturated carbocycles. The molecule has 0 bridgehead atoms. The van der Waals surface area contributed by atoms with E-state index in [2.05, 4.69) is 15.1 Å². The highest BCUT2D eigenvalue weighted by atomic mass is 35.5. The first kappa shape index (κ1) is 20.7. The fourth-order valence-corrected chi connectivity index (χ4v) is 4.49. The standard InChI is InChI=1S/C21H19Cl2N7O2/c1-11-19-16-13(15-4-5-28(2)26-15)8-14(22)17(23)18(16)27-30(19)7-6-29(11)21(31)20-24-9-12(32-3)10-25-20/h4-5,8-11H,6-7H2,1-3H3. The number of carbonyl (C=O) groups is 1. The van der Waals surface area contributed by atoms with E-state index in [4.69, 9.17) is 33.0 Å². The number of ether oxygens (including phenoxy) is 1. The zero-order valence-corrected chi connectivity index (χ0v) is 19.1. The van der Waals surface area contributed by atoms with Gasteiger partial charge in [-0.05, 0) is 19.1 Å². The number of hydrogen-bond acceptors (Lipinski definition) is 6. The van der Waals surface area contributed by atoms with E-state index in [1.54, 1.807) is 15.6 Å². The minimum absolute atomic E-state index is 0.112. The van der Waals surface area contributed by atoms with Crippen LogP contribution in [0, 0.1) is 0 Å². The minimum Gasteiger partial charge on any atom is -0.494 e. The second-order valence-corrected chi connectivity index (χ2v) is 8.33. The van der Waals surface area contributed by atoms with Crippen molar-refractivity contribution in [1.82, 2.24) is 34.4 Å². The summed E-state index contributed by atoms with van der Waals surface area (Å²) in [7, 11) is 3.37. The zero-order valence-electron chi connectivity index (χ0n) is 17.6. The number of aryl methyl sites for hydroxylation is 1. The van der Waals surface area contributed by atoms with E-state index in [-0.39, 0.29) is 17.8 Å². The second kappa shape index (κ2) is 7.75. The Morgan fingerprint density at radius 3 is 2.59 bits per heavy atom. The third-order valence-electron chi connectivity index (χ3n) is 5.67. The molecule has 1 atom stereocenters. The van der Waals surface area contributed by atoms with Gasteiger partial charge in [-0.15, -0.1) is 0 Å². The molecule has 0 fully saturated rings. The lowest BCUT2D eigenvalue weighted by atomic mass is 10.00. The van der Waals surface area contributed by atoms with Crippen molar-refractivity contribution < 1.29 is 9.53 Å². The van der Waals surface area contributed by atoms with Gasteiger partial charge < -0.3 is 9.64 Å². The number of fused-ring (bicyclic) bond motifs is 3. The van der Waals surface area contributed by atoms with Crippen LogP contribution in [0.15, 0.2) is 30.7 Å². The largest absolute Gasteiger partial charge is 0.494 e. The molecular formula is C21H19Cl2N7O2. The van der Waals surface area contributed by atoms with Crippen molar-refractivity contribution in [2.24, 2.45) is 7.05 Å². The van der Waals surface area contributed by atoms with Gasteiger partial charge in [-0.3, -0.25) is 14.2 Å². The smallest absolute Gasteiger partial charge is 0.292 e. The summed E-state index contributed by atoms with van der Waals surface area (Å²) in [6.07, 6.45) is 4.82. The number of rotatable bonds is 3. The average molecular weight is 472 g/mol. The first-order chi connectivity index (χ1) is 15.4. The number of methoxy groups -OCH3 is 1. The molecule has 4 aromatic rings. The van der Waals surface area contributed by atoms with Crippen molar-refractivity contribution in [2.75, 3.05) is 13.7 Å². The van der Waals surface area contributed by atoms with Crippen molar-refractivity contribution >= 4 is 40.0 Å². The van der Waals surface area contributed by atoms with Crippen LogP contribution in [-0.2, 0) is 13.6 Å². The Bertz CT molecular complexity index is 1350. The van der Waals surface area contributed by atoms with E-state index in [1.807, 2.05) is 30.9 Å². The van der Waals surface area contributed by atoms with Crippen molar-refractivity contribution in [2.45, 2.75) is 19.5 Å². The Balaban J connectivity index is 1.63. The molecule has 11 heteroatoms. The molecule has 32 heavy (non-hydrogen) atoms. The molecule has 0 N–H and O–H groups in total. The van der Waals surface area contributed by atoms with Crippen LogP contribution in [0.4, 0.5) is 0 Å². The van der Waals surface area contributed by atoms with Crippen molar-refractivity contribution in [3.8, 4) is 17.0 Å². The number of halogens is 2. The van der Waals surface area contributed by atoms with Crippen LogP contribution in [0.5, 0.6) is 5.75 Å². The first-order valence-corrected chi connectivity index (χ1v) is 10.7. The second-order valence-electron chi connectivity index (χ2n) is 7.55. The quantitative estimate of drug-likeness (QED) is 0.451. The summed E-state index contributed by atoms with van der Waals surface area (Å²) in [6.45, 7) is 2.92. The predicted molar refractivity (Wildman–Crippen MR) is 120 cm³/mol. The van der Waals surface area contributed by atoms with Gasteiger partial charge in [-0.25, -0.2) is 9.97 Å². The van der Waals surface area contributed by atoms with E-state index < -0.39 is 0 Å². The molecule has 1 unspecified atom stereocenters. The summed E-state index contributed by atoms with van der Waals surface area (Å²) < 4.78 is 8.70. The summed E-state index contributed by atoms with van der Waals surface area (Å²) in [6, 6.07) is 3.41. The molecule has 0 spiro atoms. The van der Waals surface area contributed by atoms with Gasteiger partial charge >= 0.3 is 0 Å². The van der Waals surface area contributed by atoms with Gasteiger partial charge in [-0.1, -0.05) is 23.2 Å². The summed E-state index contributed by atoms with van der Waals surface area (Å²) in [5.41, 5.74) is 3.03. The van der Waals surface area contributed by atoms with Crippen LogP contribution in [0.2, 0.25) is 10.0 Å². The fourth-order valence-electron chi connectivity index (χ4n) is 4.11. The topological polar surface area (TPSA) is 91.0 Å². The van der Waals surface area contributed by atoms with Crippen LogP contribution in [-0.4, -0.2) is 54.0 Å². The molecule has 0 aliphatic carbocycles.